The van der Waals surface area contributed by atoms with Crippen molar-refractivity contribution in [1.82, 2.24) is 5.32 Å². The Kier molecular flexibility index (Phi) is 8.67. The first kappa shape index (κ1) is 26.0. The van der Waals surface area contributed by atoms with E-state index in [2.05, 4.69) is 17.2 Å². The van der Waals surface area contributed by atoms with E-state index >= 15 is 0 Å². The molecule has 3 aromatic rings. The number of carbonyl (C=O) groups is 2. The zero-order valence-electron chi connectivity index (χ0n) is 18.9. The number of halogens is 1. The lowest BCUT2D eigenvalue weighted by atomic mass is 10.1. The van der Waals surface area contributed by atoms with E-state index in [9.17, 15) is 22.4 Å². The van der Waals surface area contributed by atoms with Gasteiger partial charge in [0.15, 0.2) is 0 Å². The highest BCUT2D eigenvalue weighted by Gasteiger charge is 2.28. The monoisotopic (exact) mass is 513 g/mol. The summed E-state index contributed by atoms with van der Waals surface area (Å²) in [6.45, 7) is 3.15. The molecule has 0 saturated heterocycles. The maximum atomic E-state index is 14.0. The predicted octanol–water partition coefficient (Wildman–Crippen LogP) is 4.30. The van der Waals surface area contributed by atoms with Crippen LogP contribution in [0.3, 0.4) is 0 Å². The Morgan fingerprint density at radius 2 is 1.77 bits per heavy atom. The summed E-state index contributed by atoms with van der Waals surface area (Å²) >= 11 is 1.45. The standard InChI is InChI=1S/C25H24FN3O4S2/c1-3-15-27-25(31)22-9-4-5-10-23(22)28-24(30)17-29(19-8-6-7-18(26)16-19)35(32,33)21-13-11-20(34-2)12-14-21/h3-14,16H,1,15,17H2,2H3,(H,27,31)(H,28,30). The molecule has 2 N–H and O–H groups in total. The number of amides is 2. The number of nitrogens with zero attached hydrogens (tertiary/aromatic N) is 1. The van der Waals surface area contributed by atoms with Crippen molar-refractivity contribution in [2.75, 3.05) is 29.0 Å². The largest absolute Gasteiger partial charge is 0.349 e. The van der Waals surface area contributed by atoms with Gasteiger partial charge in [-0.2, -0.15) is 0 Å². The normalized spacial score (nSPS) is 10.9. The minimum Gasteiger partial charge on any atom is -0.349 e. The second-order valence-electron chi connectivity index (χ2n) is 7.26. The molecular formula is C25H24FN3O4S2. The molecule has 182 valence electrons. The molecule has 7 nitrogen and oxygen atoms in total. The van der Waals surface area contributed by atoms with E-state index in [0.717, 1.165) is 15.3 Å². The summed E-state index contributed by atoms with van der Waals surface area (Å²) in [5, 5.41) is 5.23. The summed E-state index contributed by atoms with van der Waals surface area (Å²) in [5.41, 5.74) is 0.404. The average molecular weight is 514 g/mol. The molecule has 0 saturated carbocycles. The third-order valence-corrected chi connectivity index (χ3v) is 7.42. The lowest BCUT2D eigenvalue weighted by Gasteiger charge is -2.24. The third kappa shape index (κ3) is 6.49. The smallest absolute Gasteiger partial charge is 0.264 e. The fourth-order valence-corrected chi connectivity index (χ4v) is 5.01. The number of rotatable bonds is 10. The first-order chi connectivity index (χ1) is 16.8. The van der Waals surface area contributed by atoms with Gasteiger partial charge in [-0.15, -0.1) is 18.3 Å². The van der Waals surface area contributed by atoms with E-state index in [1.54, 1.807) is 24.3 Å². The van der Waals surface area contributed by atoms with Crippen molar-refractivity contribution in [1.29, 1.82) is 0 Å². The van der Waals surface area contributed by atoms with Crippen LogP contribution in [0.1, 0.15) is 10.4 Å². The predicted molar refractivity (Wildman–Crippen MR) is 137 cm³/mol. The molecule has 10 heteroatoms. The molecule has 0 spiro atoms. The summed E-state index contributed by atoms with van der Waals surface area (Å²) in [5.74, 6) is -1.78. The van der Waals surface area contributed by atoms with Gasteiger partial charge in [0.05, 0.1) is 21.8 Å². The third-order valence-electron chi connectivity index (χ3n) is 4.88. The number of anilines is 2. The van der Waals surface area contributed by atoms with Crippen molar-refractivity contribution in [3.8, 4) is 0 Å². The molecule has 35 heavy (non-hydrogen) atoms. The van der Waals surface area contributed by atoms with E-state index in [0.29, 0.717) is 0 Å². The lowest BCUT2D eigenvalue weighted by molar-refractivity contribution is -0.114. The van der Waals surface area contributed by atoms with Gasteiger partial charge in [-0.25, -0.2) is 12.8 Å². The molecule has 0 heterocycles. The number of hydrogen-bond donors (Lipinski definition) is 2. The Morgan fingerprint density at radius 1 is 1.06 bits per heavy atom. The Labute approximate surface area is 208 Å². The van der Waals surface area contributed by atoms with Gasteiger partial charge in [0, 0.05) is 11.4 Å². The topological polar surface area (TPSA) is 95.6 Å². The van der Waals surface area contributed by atoms with Crippen LogP contribution in [-0.2, 0) is 14.8 Å². The van der Waals surface area contributed by atoms with E-state index in [-0.39, 0.29) is 28.4 Å². The summed E-state index contributed by atoms with van der Waals surface area (Å²) in [6, 6.07) is 17.5. The number of thioether (sulfide) groups is 1. The zero-order chi connectivity index (χ0) is 25.4. The van der Waals surface area contributed by atoms with E-state index in [1.807, 2.05) is 6.26 Å². The molecule has 0 aliphatic heterocycles. The Bertz CT molecular complexity index is 1330. The van der Waals surface area contributed by atoms with Crippen molar-refractivity contribution in [3.05, 3.63) is 96.8 Å². The highest BCUT2D eigenvalue weighted by atomic mass is 32.2. The van der Waals surface area contributed by atoms with Gasteiger partial charge in [0.1, 0.15) is 12.4 Å². The van der Waals surface area contributed by atoms with Crippen LogP contribution >= 0.6 is 11.8 Å². The highest BCUT2D eigenvalue weighted by molar-refractivity contribution is 7.98. The van der Waals surface area contributed by atoms with E-state index < -0.39 is 34.2 Å². The molecule has 0 aromatic heterocycles. The molecule has 0 atom stereocenters. The van der Waals surface area contributed by atoms with Gasteiger partial charge in [0.25, 0.3) is 15.9 Å². The van der Waals surface area contributed by atoms with Crippen molar-refractivity contribution >= 4 is 45.0 Å². The summed E-state index contributed by atoms with van der Waals surface area (Å²) < 4.78 is 41.7. The van der Waals surface area contributed by atoms with Crippen molar-refractivity contribution < 1.29 is 22.4 Å². The first-order valence-corrected chi connectivity index (χ1v) is 13.1. The Morgan fingerprint density at radius 3 is 2.43 bits per heavy atom. The maximum Gasteiger partial charge on any atom is 0.264 e. The van der Waals surface area contributed by atoms with Crippen LogP contribution in [0.4, 0.5) is 15.8 Å². The molecule has 0 fully saturated rings. The molecule has 0 unspecified atom stereocenters. The van der Waals surface area contributed by atoms with Crippen molar-refractivity contribution in [2.45, 2.75) is 9.79 Å². The van der Waals surface area contributed by atoms with Crippen LogP contribution in [0, 0.1) is 5.82 Å². The lowest BCUT2D eigenvalue weighted by Crippen LogP contribution is -2.38. The summed E-state index contributed by atoms with van der Waals surface area (Å²) in [4.78, 5) is 26.2. The number of sulfonamides is 1. The van der Waals surface area contributed by atoms with Crippen LogP contribution in [0.5, 0.6) is 0 Å². The van der Waals surface area contributed by atoms with Gasteiger partial charge in [-0.3, -0.25) is 13.9 Å². The van der Waals surface area contributed by atoms with E-state index in [4.69, 9.17) is 0 Å². The van der Waals surface area contributed by atoms with Gasteiger partial charge in [-0.1, -0.05) is 24.3 Å². The highest BCUT2D eigenvalue weighted by Crippen LogP contribution is 2.26. The maximum absolute atomic E-state index is 14.0. The van der Waals surface area contributed by atoms with Crippen molar-refractivity contribution in [3.63, 3.8) is 0 Å². The van der Waals surface area contributed by atoms with Crippen LogP contribution in [0.2, 0.25) is 0 Å². The molecule has 0 aliphatic carbocycles. The van der Waals surface area contributed by atoms with E-state index in [1.165, 1.54) is 60.3 Å². The minimum absolute atomic E-state index is 0.00824. The van der Waals surface area contributed by atoms with Gasteiger partial charge >= 0.3 is 0 Å². The Balaban J connectivity index is 1.92. The average Bonchev–Trinajstić information content (AvgIpc) is 2.86. The second-order valence-corrected chi connectivity index (χ2v) is 10.0. The minimum atomic E-state index is -4.22. The quantitative estimate of drug-likeness (QED) is 0.311. The van der Waals surface area contributed by atoms with Crippen LogP contribution in [0.15, 0.2) is 95.2 Å². The number of hydrogen-bond acceptors (Lipinski definition) is 5. The van der Waals surface area contributed by atoms with Crippen LogP contribution < -0.4 is 14.9 Å². The number of nitrogens with one attached hydrogen (secondary N) is 2. The summed E-state index contributed by atoms with van der Waals surface area (Å²) in [6.07, 6.45) is 3.38. The van der Waals surface area contributed by atoms with Crippen LogP contribution in [0.25, 0.3) is 0 Å². The first-order valence-electron chi connectivity index (χ1n) is 10.5. The molecule has 0 bridgehead atoms. The fourth-order valence-electron chi connectivity index (χ4n) is 3.19. The van der Waals surface area contributed by atoms with Gasteiger partial charge in [0.2, 0.25) is 5.91 Å². The van der Waals surface area contributed by atoms with Gasteiger partial charge < -0.3 is 10.6 Å². The molecule has 0 radical (unpaired) electrons. The fraction of sp³-hybridized carbons (Fsp3) is 0.120. The van der Waals surface area contributed by atoms with Crippen molar-refractivity contribution in [2.24, 2.45) is 0 Å². The second kappa shape index (κ2) is 11.7. The number of benzene rings is 3. The molecule has 3 rings (SSSR count). The summed E-state index contributed by atoms with van der Waals surface area (Å²) in [7, 11) is -4.22. The SMILES string of the molecule is C=CCNC(=O)c1ccccc1NC(=O)CN(c1cccc(F)c1)S(=O)(=O)c1ccc(SC)cc1. The number of carbonyl (C=O) groups excluding carboxylic acids is 2. The molecule has 3 aromatic carbocycles. The van der Waals surface area contributed by atoms with Gasteiger partial charge in [-0.05, 0) is 60.9 Å². The Hall–Kier alpha value is -3.63. The molecule has 2 amide bonds. The molecule has 0 aliphatic rings. The molecular weight excluding hydrogens is 489 g/mol. The zero-order valence-corrected chi connectivity index (χ0v) is 20.5. The number of para-hydroxylation sites is 1. The van der Waals surface area contributed by atoms with Crippen LogP contribution in [-0.4, -0.2) is 39.6 Å².